The van der Waals surface area contributed by atoms with E-state index >= 15 is 0 Å². The molecule has 110 valence electrons. The van der Waals surface area contributed by atoms with Crippen molar-refractivity contribution in [1.82, 2.24) is 15.1 Å². The molecule has 1 aromatic rings. The number of aryl methyl sites for hydroxylation is 1. The number of nitrogens with zero attached hydrogens (tertiary/aromatic N) is 2. The zero-order valence-electron chi connectivity index (χ0n) is 12.6. The van der Waals surface area contributed by atoms with Crippen LogP contribution in [0.5, 0.6) is 0 Å². The molecule has 4 heteroatoms. The van der Waals surface area contributed by atoms with Gasteiger partial charge >= 0.3 is 0 Å². The van der Waals surface area contributed by atoms with E-state index in [0.717, 1.165) is 37.4 Å². The molecule has 1 rings (SSSR count). The fourth-order valence-electron chi connectivity index (χ4n) is 2.36. The highest BCUT2D eigenvalue weighted by Gasteiger charge is 2.19. The number of unbranched alkanes of at least 4 members (excludes halogenated alkanes) is 2. The van der Waals surface area contributed by atoms with Crippen molar-refractivity contribution >= 4 is 11.6 Å². The van der Waals surface area contributed by atoms with Crippen LogP contribution in [-0.2, 0) is 6.54 Å². The summed E-state index contributed by atoms with van der Waals surface area (Å²) in [6, 6.07) is 0.341. The molecule has 0 bridgehead atoms. The number of halogens is 1. The highest BCUT2D eigenvalue weighted by molar-refractivity contribution is 6.31. The Morgan fingerprint density at radius 2 is 2.00 bits per heavy atom. The predicted octanol–water partition coefficient (Wildman–Crippen LogP) is 4.57. The molecule has 1 N–H and O–H groups in total. The summed E-state index contributed by atoms with van der Waals surface area (Å²) in [5, 5.41) is 8.84. The molecule has 1 aromatic heterocycles. The lowest BCUT2D eigenvalue weighted by molar-refractivity contribution is 0.433. The van der Waals surface area contributed by atoms with Crippen molar-refractivity contribution in [3.8, 4) is 0 Å². The van der Waals surface area contributed by atoms with Crippen LogP contribution in [0.4, 0.5) is 0 Å². The van der Waals surface area contributed by atoms with Gasteiger partial charge in [-0.25, -0.2) is 0 Å². The van der Waals surface area contributed by atoms with Gasteiger partial charge in [-0.05, 0) is 25.8 Å². The van der Waals surface area contributed by atoms with Crippen LogP contribution in [-0.4, -0.2) is 16.3 Å². The van der Waals surface area contributed by atoms with Crippen LogP contribution in [0.3, 0.4) is 0 Å². The van der Waals surface area contributed by atoms with E-state index in [1.807, 2.05) is 0 Å². The standard InChI is InChI=1S/C15H28ClN3/c1-4-7-8-9-14(17-10-5-2)15-13(16)12-18-19(15)11-6-3/h12,14,17H,4-11H2,1-3H3. The fraction of sp³-hybridized carbons (Fsp3) is 0.800. The van der Waals surface area contributed by atoms with E-state index in [2.05, 4.69) is 35.9 Å². The summed E-state index contributed by atoms with van der Waals surface area (Å²) in [7, 11) is 0. The average molecular weight is 286 g/mol. The largest absolute Gasteiger partial charge is 0.309 e. The molecule has 0 saturated carbocycles. The Hall–Kier alpha value is -0.540. The molecule has 0 spiro atoms. The smallest absolute Gasteiger partial charge is 0.0834 e. The number of rotatable bonds is 10. The monoisotopic (exact) mass is 285 g/mol. The molecular weight excluding hydrogens is 258 g/mol. The molecule has 0 aliphatic rings. The highest BCUT2D eigenvalue weighted by atomic mass is 35.5. The van der Waals surface area contributed by atoms with Gasteiger partial charge in [-0.3, -0.25) is 4.68 Å². The zero-order chi connectivity index (χ0) is 14.1. The zero-order valence-corrected chi connectivity index (χ0v) is 13.3. The summed E-state index contributed by atoms with van der Waals surface area (Å²) in [5.41, 5.74) is 1.17. The van der Waals surface area contributed by atoms with Crippen LogP contribution in [0.1, 0.15) is 71.0 Å². The van der Waals surface area contributed by atoms with Crippen molar-refractivity contribution in [2.75, 3.05) is 6.54 Å². The minimum absolute atomic E-state index is 0.341. The molecule has 1 heterocycles. The summed E-state index contributed by atoms with van der Waals surface area (Å²) in [6.45, 7) is 8.58. The van der Waals surface area contributed by atoms with E-state index < -0.39 is 0 Å². The van der Waals surface area contributed by atoms with Crippen molar-refractivity contribution in [2.24, 2.45) is 0 Å². The normalized spacial score (nSPS) is 12.8. The van der Waals surface area contributed by atoms with Crippen LogP contribution < -0.4 is 5.32 Å². The third-order valence-corrected chi connectivity index (χ3v) is 3.63. The molecule has 0 aliphatic heterocycles. The first-order valence-corrected chi connectivity index (χ1v) is 8.06. The third kappa shape index (κ3) is 5.15. The SMILES string of the molecule is CCCCCC(NCCC)c1c(Cl)cnn1CCC. The quantitative estimate of drug-likeness (QED) is 0.638. The van der Waals surface area contributed by atoms with Crippen molar-refractivity contribution in [1.29, 1.82) is 0 Å². The minimum atomic E-state index is 0.341. The topological polar surface area (TPSA) is 29.9 Å². The molecule has 0 aliphatic carbocycles. The fourth-order valence-corrected chi connectivity index (χ4v) is 2.63. The maximum absolute atomic E-state index is 6.34. The van der Waals surface area contributed by atoms with E-state index in [9.17, 15) is 0 Å². The van der Waals surface area contributed by atoms with Crippen LogP contribution in [0.15, 0.2) is 6.20 Å². The summed E-state index contributed by atoms with van der Waals surface area (Å²) in [4.78, 5) is 0. The van der Waals surface area contributed by atoms with Gasteiger partial charge in [0.25, 0.3) is 0 Å². The van der Waals surface area contributed by atoms with Gasteiger partial charge in [0.2, 0.25) is 0 Å². The molecular formula is C15H28ClN3. The lowest BCUT2D eigenvalue weighted by Crippen LogP contribution is -2.25. The Kier molecular flexibility index (Phi) is 8.15. The van der Waals surface area contributed by atoms with E-state index in [-0.39, 0.29) is 0 Å². The highest BCUT2D eigenvalue weighted by Crippen LogP contribution is 2.27. The Morgan fingerprint density at radius 3 is 2.63 bits per heavy atom. The van der Waals surface area contributed by atoms with Gasteiger partial charge in [-0.2, -0.15) is 5.10 Å². The predicted molar refractivity (Wildman–Crippen MR) is 82.7 cm³/mol. The van der Waals surface area contributed by atoms with E-state index in [4.69, 9.17) is 11.6 Å². The Bertz CT molecular complexity index is 349. The second kappa shape index (κ2) is 9.38. The first kappa shape index (κ1) is 16.5. The molecule has 1 unspecified atom stereocenters. The molecule has 3 nitrogen and oxygen atoms in total. The van der Waals surface area contributed by atoms with E-state index in [1.165, 1.54) is 25.0 Å². The molecule has 0 aromatic carbocycles. The first-order valence-electron chi connectivity index (χ1n) is 7.69. The Labute approximate surface area is 122 Å². The van der Waals surface area contributed by atoms with E-state index in [1.54, 1.807) is 6.20 Å². The van der Waals surface area contributed by atoms with Crippen molar-refractivity contribution < 1.29 is 0 Å². The number of hydrogen-bond donors (Lipinski definition) is 1. The van der Waals surface area contributed by atoms with Crippen LogP contribution in [0.2, 0.25) is 5.02 Å². The van der Waals surface area contributed by atoms with Crippen LogP contribution in [0.25, 0.3) is 0 Å². The van der Waals surface area contributed by atoms with Crippen molar-refractivity contribution in [3.63, 3.8) is 0 Å². The van der Waals surface area contributed by atoms with Gasteiger partial charge < -0.3 is 5.32 Å². The summed E-state index contributed by atoms with van der Waals surface area (Å²) in [6.07, 6.45) is 8.93. The molecule has 0 amide bonds. The van der Waals surface area contributed by atoms with Gasteiger partial charge in [-0.15, -0.1) is 0 Å². The number of nitrogens with one attached hydrogen (secondary N) is 1. The van der Waals surface area contributed by atoms with Gasteiger partial charge in [0, 0.05) is 6.54 Å². The number of aromatic nitrogens is 2. The van der Waals surface area contributed by atoms with Crippen LogP contribution in [0, 0.1) is 0 Å². The summed E-state index contributed by atoms with van der Waals surface area (Å²) in [5.74, 6) is 0. The van der Waals surface area contributed by atoms with Gasteiger partial charge in [0.05, 0.1) is 23.0 Å². The number of hydrogen-bond acceptors (Lipinski definition) is 2. The maximum atomic E-state index is 6.34. The molecule has 1 atom stereocenters. The Morgan fingerprint density at radius 1 is 1.21 bits per heavy atom. The van der Waals surface area contributed by atoms with Gasteiger partial charge in [0.15, 0.2) is 0 Å². The third-order valence-electron chi connectivity index (χ3n) is 3.34. The van der Waals surface area contributed by atoms with Crippen LogP contribution >= 0.6 is 11.6 Å². The first-order chi connectivity index (χ1) is 9.24. The molecule has 19 heavy (non-hydrogen) atoms. The lowest BCUT2D eigenvalue weighted by atomic mass is 10.0. The molecule has 0 fully saturated rings. The summed E-state index contributed by atoms with van der Waals surface area (Å²) < 4.78 is 2.07. The lowest BCUT2D eigenvalue weighted by Gasteiger charge is -2.20. The second-order valence-corrected chi connectivity index (χ2v) is 5.51. The Balaban J connectivity index is 2.78. The molecule has 0 radical (unpaired) electrons. The van der Waals surface area contributed by atoms with E-state index in [0.29, 0.717) is 6.04 Å². The van der Waals surface area contributed by atoms with Gasteiger partial charge in [-0.1, -0.05) is 51.6 Å². The maximum Gasteiger partial charge on any atom is 0.0834 e. The van der Waals surface area contributed by atoms with Gasteiger partial charge in [0.1, 0.15) is 0 Å². The minimum Gasteiger partial charge on any atom is -0.309 e. The van der Waals surface area contributed by atoms with Crippen molar-refractivity contribution in [3.05, 3.63) is 16.9 Å². The summed E-state index contributed by atoms with van der Waals surface area (Å²) >= 11 is 6.34. The molecule has 0 saturated heterocycles. The van der Waals surface area contributed by atoms with Crippen molar-refractivity contribution in [2.45, 2.75) is 71.9 Å². The second-order valence-electron chi connectivity index (χ2n) is 5.10. The average Bonchev–Trinajstić information content (AvgIpc) is 2.76.